The summed E-state index contributed by atoms with van der Waals surface area (Å²) in [7, 11) is 3.14. The second-order valence-electron chi connectivity index (χ2n) is 3.37. The Bertz CT molecular complexity index is 433. The smallest absolute Gasteiger partial charge is 0.242 e. The van der Waals surface area contributed by atoms with Crippen molar-refractivity contribution < 1.29 is 14.3 Å². The van der Waals surface area contributed by atoms with Crippen molar-refractivity contribution in [2.24, 2.45) is 0 Å². The molecule has 0 fully saturated rings. The van der Waals surface area contributed by atoms with Crippen LogP contribution in [-0.2, 0) is 4.79 Å². The van der Waals surface area contributed by atoms with E-state index in [1.807, 2.05) is 18.4 Å². The molecule has 1 amide bonds. The van der Waals surface area contributed by atoms with Crippen LogP contribution < -0.4 is 14.8 Å². The van der Waals surface area contributed by atoms with Crippen molar-refractivity contribution in [1.82, 2.24) is 0 Å². The Morgan fingerprint density at radius 1 is 1.31 bits per heavy atom. The number of ether oxygens (including phenoxy) is 2. The molecule has 0 unspecified atom stereocenters. The number of carbonyl (C=O) groups is 1. The largest absolute Gasteiger partial charge is 0.493 e. The molecule has 0 radical (unpaired) electrons. The zero-order valence-electron chi connectivity index (χ0n) is 9.37. The number of amides is 1. The van der Waals surface area contributed by atoms with Crippen molar-refractivity contribution in [2.45, 2.75) is 5.25 Å². The monoisotopic (exact) mass is 239 g/mol. The number of hydrogen-bond acceptors (Lipinski definition) is 4. The summed E-state index contributed by atoms with van der Waals surface area (Å²) in [4.78, 5) is 11.7. The van der Waals surface area contributed by atoms with E-state index >= 15 is 0 Å². The lowest BCUT2D eigenvalue weighted by atomic mass is 10.1. The number of rotatable bonds is 3. The molecule has 1 heterocycles. The van der Waals surface area contributed by atoms with E-state index in [9.17, 15) is 4.79 Å². The van der Waals surface area contributed by atoms with E-state index in [0.717, 1.165) is 11.3 Å². The molecule has 16 heavy (non-hydrogen) atoms. The number of methoxy groups -OCH3 is 2. The van der Waals surface area contributed by atoms with Gasteiger partial charge in [-0.15, -0.1) is 11.8 Å². The van der Waals surface area contributed by atoms with Gasteiger partial charge in [0.2, 0.25) is 5.91 Å². The van der Waals surface area contributed by atoms with Gasteiger partial charge in [0.25, 0.3) is 0 Å². The van der Waals surface area contributed by atoms with Crippen LogP contribution in [0.2, 0.25) is 0 Å². The van der Waals surface area contributed by atoms with Crippen LogP contribution in [0.4, 0.5) is 5.69 Å². The van der Waals surface area contributed by atoms with Gasteiger partial charge in [-0.1, -0.05) is 6.07 Å². The summed E-state index contributed by atoms with van der Waals surface area (Å²) >= 11 is 1.51. The highest BCUT2D eigenvalue weighted by molar-refractivity contribution is 7.99. The standard InChI is InChI=1S/C11H13NO3S/c1-14-7-5-4-6-8(9(7)15-2)12-11(13)10(6)16-3/h4-5,10H,1-3H3,(H,12,13)/t10-/m0/s1. The minimum Gasteiger partial charge on any atom is -0.493 e. The van der Waals surface area contributed by atoms with Gasteiger partial charge in [0.1, 0.15) is 5.25 Å². The molecule has 1 atom stereocenters. The molecule has 1 aromatic carbocycles. The van der Waals surface area contributed by atoms with Crippen molar-refractivity contribution in [3.8, 4) is 11.5 Å². The quantitative estimate of drug-likeness (QED) is 0.877. The van der Waals surface area contributed by atoms with Gasteiger partial charge < -0.3 is 14.8 Å². The average Bonchev–Trinajstić information content (AvgIpc) is 2.62. The first kappa shape index (κ1) is 11.1. The highest BCUT2D eigenvalue weighted by Crippen LogP contribution is 2.47. The molecule has 1 aromatic rings. The van der Waals surface area contributed by atoms with Crippen LogP contribution >= 0.6 is 11.8 Å². The number of nitrogens with one attached hydrogen (secondary N) is 1. The minimum atomic E-state index is -0.158. The van der Waals surface area contributed by atoms with Crippen LogP contribution in [0.1, 0.15) is 10.8 Å². The summed E-state index contributed by atoms with van der Waals surface area (Å²) in [6, 6.07) is 3.72. The maximum Gasteiger partial charge on any atom is 0.242 e. The van der Waals surface area contributed by atoms with Crippen LogP contribution in [0.5, 0.6) is 11.5 Å². The molecule has 2 rings (SSSR count). The lowest BCUT2D eigenvalue weighted by molar-refractivity contribution is -0.115. The van der Waals surface area contributed by atoms with Crippen molar-refractivity contribution in [1.29, 1.82) is 0 Å². The molecular weight excluding hydrogens is 226 g/mol. The van der Waals surface area contributed by atoms with Gasteiger partial charge in [-0.05, 0) is 12.3 Å². The third-order valence-electron chi connectivity index (χ3n) is 2.58. The van der Waals surface area contributed by atoms with Gasteiger partial charge in [-0.2, -0.15) is 0 Å². The second kappa shape index (κ2) is 4.25. The Hall–Kier alpha value is -1.36. The van der Waals surface area contributed by atoms with Crippen molar-refractivity contribution in [2.75, 3.05) is 25.8 Å². The zero-order valence-corrected chi connectivity index (χ0v) is 10.2. The second-order valence-corrected chi connectivity index (χ2v) is 4.31. The first-order valence-corrected chi connectivity index (χ1v) is 6.10. The summed E-state index contributed by atoms with van der Waals surface area (Å²) in [5.41, 5.74) is 1.68. The average molecular weight is 239 g/mol. The van der Waals surface area contributed by atoms with Crippen LogP contribution in [0.15, 0.2) is 12.1 Å². The third-order valence-corrected chi connectivity index (χ3v) is 3.52. The Kier molecular flexibility index (Phi) is 2.96. The topological polar surface area (TPSA) is 47.6 Å². The minimum absolute atomic E-state index is 0.00551. The Balaban J connectivity index is 2.55. The van der Waals surface area contributed by atoms with E-state index in [4.69, 9.17) is 9.47 Å². The lowest BCUT2D eigenvalue weighted by Crippen LogP contribution is -2.08. The van der Waals surface area contributed by atoms with Gasteiger partial charge in [0.15, 0.2) is 11.5 Å². The fourth-order valence-corrected chi connectivity index (χ4v) is 2.58. The SMILES string of the molecule is COc1ccc2c(c1OC)NC(=O)[C@H]2SC. The molecule has 86 valence electrons. The number of hydrogen-bond donors (Lipinski definition) is 1. The molecule has 0 bridgehead atoms. The highest BCUT2D eigenvalue weighted by Gasteiger charge is 2.33. The van der Waals surface area contributed by atoms with Crippen LogP contribution in [0, 0.1) is 0 Å². The summed E-state index contributed by atoms with van der Waals surface area (Å²) in [5, 5.41) is 2.67. The van der Waals surface area contributed by atoms with Crippen LogP contribution in [0.25, 0.3) is 0 Å². The van der Waals surface area contributed by atoms with Crippen molar-refractivity contribution in [3.63, 3.8) is 0 Å². The maximum absolute atomic E-state index is 11.7. The molecule has 0 aliphatic carbocycles. The van der Waals surface area contributed by atoms with Gasteiger partial charge in [0.05, 0.1) is 19.9 Å². The fourth-order valence-electron chi connectivity index (χ4n) is 1.85. The third kappa shape index (κ3) is 1.51. The first-order chi connectivity index (χ1) is 7.72. The van der Waals surface area contributed by atoms with Crippen LogP contribution in [-0.4, -0.2) is 26.4 Å². The van der Waals surface area contributed by atoms with E-state index in [1.165, 1.54) is 11.8 Å². The van der Waals surface area contributed by atoms with Gasteiger partial charge >= 0.3 is 0 Å². The number of fused-ring (bicyclic) bond motifs is 1. The highest BCUT2D eigenvalue weighted by atomic mass is 32.2. The van der Waals surface area contributed by atoms with E-state index in [-0.39, 0.29) is 11.2 Å². The molecule has 0 saturated heterocycles. The number of thioether (sulfide) groups is 1. The molecule has 5 heteroatoms. The Labute approximate surface area is 98.3 Å². The van der Waals surface area contributed by atoms with E-state index in [0.29, 0.717) is 11.5 Å². The number of anilines is 1. The molecule has 0 aromatic heterocycles. The van der Waals surface area contributed by atoms with Crippen molar-refractivity contribution in [3.05, 3.63) is 17.7 Å². The van der Waals surface area contributed by atoms with Gasteiger partial charge in [-0.3, -0.25) is 4.79 Å². The Morgan fingerprint density at radius 2 is 2.06 bits per heavy atom. The zero-order chi connectivity index (χ0) is 11.7. The maximum atomic E-state index is 11.7. The number of carbonyl (C=O) groups excluding carboxylic acids is 1. The summed E-state index contributed by atoms with van der Waals surface area (Å²) in [6.45, 7) is 0. The molecular formula is C11H13NO3S. The summed E-state index contributed by atoms with van der Waals surface area (Å²) < 4.78 is 10.5. The Morgan fingerprint density at radius 3 is 2.62 bits per heavy atom. The summed E-state index contributed by atoms with van der Waals surface area (Å²) in [6.07, 6.45) is 1.91. The number of benzene rings is 1. The molecule has 4 nitrogen and oxygen atoms in total. The van der Waals surface area contributed by atoms with Crippen molar-refractivity contribution >= 4 is 23.4 Å². The molecule has 0 saturated carbocycles. The predicted octanol–water partition coefficient (Wildman–Crippen LogP) is 2.06. The van der Waals surface area contributed by atoms with Gasteiger partial charge in [-0.25, -0.2) is 0 Å². The molecule has 1 aliphatic rings. The molecule has 1 N–H and O–H groups in total. The lowest BCUT2D eigenvalue weighted by Gasteiger charge is -2.11. The normalized spacial score (nSPS) is 17.9. The predicted molar refractivity (Wildman–Crippen MR) is 64.4 cm³/mol. The summed E-state index contributed by atoms with van der Waals surface area (Å²) in [5.74, 6) is 1.21. The fraction of sp³-hybridized carbons (Fsp3) is 0.364. The van der Waals surface area contributed by atoms with E-state index < -0.39 is 0 Å². The van der Waals surface area contributed by atoms with E-state index in [1.54, 1.807) is 14.2 Å². The molecule has 0 spiro atoms. The van der Waals surface area contributed by atoms with Gasteiger partial charge in [0, 0.05) is 5.56 Å². The molecule has 1 aliphatic heterocycles. The first-order valence-electron chi connectivity index (χ1n) is 4.81. The van der Waals surface area contributed by atoms with Crippen LogP contribution in [0.3, 0.4) is 0 Å². The van der Waals surface area contributed by atoms with E-state index in [2.05, 4.69) is 5.32 Å².